The van der Waals surface area contributed by atoms with Crippen LogP contribution >= 0.6 is 0 Å². The predicted molar refractivity (Wildman–Crippen MR) is 74.3 cm³/mol. The quantitative estimate of drug-likeness (QED) is 0.633. The lowest BCUT2D eigenvalue weighted by molar-refractivity contribution is 0.0778. The molecule has 0 N–H and O–H groups in total. The Morgan fingerprint density at radius 2 is 1.71 bits per heavy atom. The van der Waals surface area contributed by atoms with Gasteiger partial charge in [0, 0.05) is 13.2 Å². The first-order valence-corrected chi connectivity index (χ1v) is 7.39. The van der Waals surface area contributed by atoms with Crippen molar-refractivity contribution in [2.75, 3.05) is 32.8 Å². The van der Waals surface area contributed by atoms with Crippen molar-refractivity contribution < 1.29 is 4.74 Å². The van der Waals surface area contributed by atoms with Gasteiger partial charge < -0.3 is 9.64 Å². The summed E-state index contributed by atoms with van der Waals surface area (Å²) < 4.78 is 5.68. The molecule has 0 saturated carbocycles. The van der Waals surface area contributed by atoms with E-state index < -0.39 is 0 Å². The number of rotatable bonds is 7. The summed E-state index contributed by atoms with van der Waals surface area (Å²) in [7, 11) is 0. The van der Waals surface area contributed by atoms with Crippen molar-refractivity contribution in [1.82, 2.24) is 4.90 Å². The van der Waals surface area contributed by atoms with Crippen molar-refractivity contribution in [3.63, 3.8) is 0 Å². The Bertz CT molecular complexity index is 183. The van der Waals surface area contributed by atoms with E-state index in [9.17, 15) is 0 Å². The molecule has 2 nitrogen and oxygen atoms in total. The molecule has 1 rings (SSSR count). The summed E-state index contributed by atoms with van der Waals surface area (Å²) in [5.74, 6) is 2.57. The van der Waals surface area contributed by atoms with Gasteiger partial charge >= 0.3 is 0 Å². The van der Waals surface area contributed by atoms with Crippen LogP contribution in [0, 0.1) is 17.8 Å². The van der Waals surface area contributed by atoms with Gasteiger partial charge in [-0.3, -0.25) is 0 Å². The van der Waals surface area contributed by atoms with Gasteiger partial charge in [-0.25, -0.2) is 0 Å². The maximum Gasteiger partial charge on any atom is 0.0593 e. The first-order chi connectivity index (χ1) is 8.09. The minimum atomic E-state index is 0.761. The lowest BCUT2D eigenvalue weighted by atomic mass is 9.87. The van der Waals surface area contributed by atoms with E-state index in [0.29, 0.717) is 0 Å². The molecule has 0 atom stereocenters. The highest BCUT2D eigenvalue weighted by molar-refractivity contribution is 4.73. The fourth-order valence-electron chi connectivity index (χ4n) is 2.46. The molecule has 0 radical (unpaired) electrons. The SMILES string of the molecule is CC(C)CCOCCN1CCC(C(C)C)CC1. The van der Waals surface area contributed by atoms with E-state index in [4.69, 9.17) is 4.74 Å². The molecular weight excluding hydrogens is 210 g/mol. The smallest absolute Gasteiger partial charge is 0.0593 e. The van der Waals surface area contributed by atoms with Crippen molar-refractivity contribution in [2.24, 2.45) is 17.8 Å². The van der Waals surface area contributed by atoms with Gasteiger partial charge in [-0.2, -0.15) is 0 Å². The fraction of sp³-hybridized carbons (Fsp3) is 1.00. The third-order valence-electron chi connectivity index (χ3n) is 3.97. The van der Waals surface area contributed by atoms with Crippen LogP contribution in [0.1, 0.15) is 47.0 Å². The zero-order chi connectivity index (χ0) is 12.7. The highest BCUT2D eigenvalue weighted by Crippen LogP contribution is 2.23. The van der Waals surface area contributed by atoms with Gasteiger partial charge in [0.1, 0.15) is 0 Å². The highest BCUT2D eigenvalue weighted by atomic mass is 16.5. The molecule has 0 unspecified atom stereocenters. The zero-order valence-electron chi connectivity index (χ0n) is 12.2. The molecule has 0 aliphatic carbocycles. The van der Waals surface area contributed by atoms with Crippen molar-refractivity contribution in [1.29, 1.82) is 0 Å². The number of hydrogen-bond donors (Lipinski definition) is 0. The lowest BCUT2D eigenvalue weighted by Gasteiger charge is -2.33. The molecule has 1 aliphatic heterocycles. The van der Waals surface area contributed by atoms with E-state index in [1.54, 1.807) is 0 Å². The van der Waals surface area contributed by atoms with Gasteiger partial charge in [-0.15, -0.1) is 0 Å². The summed E-state index contributed by atoms with van der Waals surface area (Å²) >= 11 is 0. The van der Waals surface area contributed by atoms with E-state index in [-0.39, 0.29) is 0 Å². The average molecular weight is 241 g/mol. The third-order valence-corrected chi connectivity index (χ3v) is 3.97. The topological polar surface area (TPSA) is 12.5 Å². The Labute approximate surface area is 108 Å². The van der Waals surface area contributed by atoms with Gasteiger partial charge in [-0.05, 0) is 50.1 Å². The van der Waals surface area contributed by atoms with Crippen LogP contribution in [-0.4, -0.2) is 37.7 Å². The van der Waals surface area contributed by atoms with E-state index in [1.807, 2.05) is 0 Å². The summed E-state index contributed by atoms with van der Waals surface area (Å²) in [5, 5.41) is 0. The largest absolute Gasteiger partial charge is 0.380 e. The van der Waals surface area contributed by atoms with Crippen molar-refractivity contribution in [3.8, 4) is 0 Å². The molecule has 0 aromatic carbocycles. The van der Waals surface area contributed by atoms with Gasteiger partial charge in [0.15, 0.2) is 0 Å². The molecule has 0 aromatic heterocycles. The van der Waals surface area contributed by atoms with Crippen LogP contribution in [0.5, 0.6) is 0 Å². The summed E-state index contributed by atoms with van der Waals surface area (Å²) in [6, 6.07) is 0. The van der Waals surface area contributed by atoms with Crippen LogP contribution in [0.2, 0.25) is 0 Å². The number of piperidine rings is 1. The predicted octanol–water partition coefficient (Wildman–Crippen LogP) is 3.42. The van der Waals surface area contributed by atoms with Crippen LogP contribution < -0.4 is 0 Å². The third kappa shape index (κ3) is 6.42. The van der Waals surface area contributed by atoms with Gasteiger partial charge in [0.25, 0.3) is 0 Å². The first-order valence-electron chi connectivity index (χ1n) is 7.39. The summed E-state index contributed by atoms with van der Waals surface area (Å²) in [4.78, 5) is 2.56. The summed E-state index contributed by atoms with van der Waals surface area (Å²) in [6.45, 7) is 14.7. The Kier molecular flexibility index (Phi) is 7.14. The van der Waals surface area contributed by atoms with Crippen LogP contribution in [0.3, 0.4) is 0 Å². The Morgan fingerprint density at radius 3 is 2.24 bits per heavy atom. The maximum absolute atomic E-state index is 5.68. The second-order valence-corrected chi connectivity index (χ2v) is 6.22. The average Bonchev–Trinajstić information content (AvgIpc) is 2.29. The molecule has 0 aromatic rings. The minimum absolute atomic E-state index is 0.761. The molecule has 0 bridgehead atoms. The van der Waals surface area contributed by atoms with Gasteiger partial charge in [0.05, 0.1) is 6.61 Å². The van der Waals surface area contributed by atoms with Crippen LogP contribution in [0.15, 0.2) is 0 Å². The summed E-state index contributed by atoms with van der Waals surface area (Å²) in [5.41, 5.74) is 0. The normalized spacial score (nSPS) is 19.4. The molecular formula is C15H31NO. The zero-order valence-corrected chi connectivity index (χ0v) is 12.2. The van der Waals surface area contributed by atoms with Crippen LogP contribution in [0.25, 0.3) is 0 Å². The van der Waals surface area contributed by atoms with Crippen LogP contribution in [0.4, 0.5) is 0 Å². The molecule has 2 heteroatoms. The molecule has 0 spiro atoms. The van der Waals surface area contributed by atoms with Gasteiger partial charge in [-0.1, -0.05) is 27.7 Å². The van der Waals surface area contributed by atoms with E-state index in [1.165, 1.54) is 32.4 Å². The number of hydrogen-bond acceptors (Lipinski definition) is 2. The Balaban J connectivity index is 1.99. The van der Waals surface area contributed by atoms with E-state index in [2.05, 4.69) is 32.6 Å². The van der Waals surface area contributed by atoms with Crippen LogP contribution in [-0.2, 0) is 4.74 Å². The lowest BCUT2D eigenvalue weighted by Crippen LogP contribution is -2.37. The number of nitrogens with zero attached hydrogens (tertiary/aromatic N) is 1. The minimum Gasteiger partial charge on any atom is -0.380 e. The summed E-state index contributed by atoms with van der Waals surface area (Å²) in [6.07, 6.45) is 3.95. The second kappa shape index (κ2) is 8.10. The molecule has 1 aliphatic rings. The molecule has 102 valence electrons. The van der Waals surface area contributed by atoms with Crippen molar-refractivity contribution in [3.05, 3.63) is 0 Å². The molecule has 1 heterocycles. The Morgan fingerprint density at radius 1 is 1.06 bits per heavy atom. The van der Waals surface area contributed by atoms with Crippen molar-refractivity contribution in [2.45, 2.75) is 47.0 Å². The van der Waals surface area contributed by atoms with E-state index >= 15 is 0 Å². The van der Waals surface area contributed by atoms with Gasteiger partial charge in [0.2, 0.25) is 0 Å². The molecule has 17 heavy (non-hydrogen) atoms. The monoisotopic (exact) mass is 241 g/mol. The highest BCUT2D eigenvalue weighted by Gasteiger charge is 2.20. The fourth-order valence-corrected chi connectivity index (χ4v) is 2.46. The number of ether oxygens (including phenoxy) is 1. The van der Waals surface area contributed by atoms with Crippen molar-refractivity contribution >= 4 is 0 Å². The maximum atomic E-state index is 5.68. The second-order valence-electron chi connectivity index (χ2n) is 6.22. The number of likely N-dealkylation sites (tertiary alicyclic amines) is 1. The van der Waals surface area contributed by atoms with E-state index in [0.717, 1.165) is 37.5 Å². The standard InChI is InChI=1S/C15H31NO/c1-13(2)7-11-17-12-10-16-8-5-15(6-9-16)14(3)4/h13-15H,5-12H2,1-4H3. The Hall–Kier alpha value is -0.0800. The first kappa shape index (κ1) is 15.0. The molecule has 1 fully saturated rings. The molecule has 0 amide bonds. The molecule has 1 saturated heterocycles.